The first-order valence-corrected chi connectivity index (χ1v) is 6.08. The highest BCUT2D eigenvalue weighted by Crippen LogP contribution is 2.17. The number of para-hydroxylation sites is 1. The number of aromatic nitrogens is 3. The maximum Gasteiger partial charge on any atom is 0.220 e. The lowest BCUT2D eigenvalue weighted by Crippen LogP contribution is -2.27. The molecule has 0 aliphatic heterocycles. The van der Waals surface area contributed by atoms with Crippen LogP contribution in [0.5, 0.6) is 5.75 Å². The Bertz CT molecular complexity index is 539. The smallest absolute Gasteiger partial charge is 0.220 e. The van der Waals surface area contributed by atoms with Crippen LogP contribution in [0.4, 0.5) is 0 Å². The molecule has 3 N–H and O–H groups in total. The first-order valence-electron chi connectivity index (χ1n) is 6.08. The van der Waals surface area contributed by atoms with E-state index in [4.69, 9.17) is 0 Å². The van der Waals surface area contributed by atoms with Crippen molar-refractivity contribution in [2.24, 2.45) is 0 Å². The van der Waals surface area contributed by atoms with Crippen LogP contribution in [0.2, 0.25) is 0 Å². The molecule has 2 rings (SSSR count). The second kappa shape index (κ2) is 5.99. The van der Waals surface area contributed by atoms with E-state index < -0.39 is 0 Å². The van der Waals surface area contributed by atoms with Gasteiger partial charge >= 0.3 is 0 Å². The normalized spacial score (nSPS) is 12.1. The van der Waals surface area contributed by atoms with Crippen LogP contribution in [0, 0.1) is 0 Å². The van der Waals surface area contributed by atoms with Crippen LogP contribution in [-0.2, 0) is 11.2 Å². The maximum absolute atomic E-state index is 11.8. The summed E-state index contributed by atoms with van der Waals surface area (Å²) in [6.45, 7) is 1.83. The second-order valence-electron chi connectivity index (χ2n) is 4.29. The first kappa shape index (κ1) is 13.1. The molecule has 1 aromatic heterocycles. The van der Waals surface area contributed by atoms with Crippen molar-refractivity contribution in [2.45, 2.75) is 25.8 Å². The minimum Gasteiger partial charge on any atom is -0.508 e. The van der Waals surface area contributed by atoms with E-state index in [1.54, 1.807) is 12.1 Å². The number of phenols is 1. The van der Waals surface area contributed by atoms with Crippen molar-refractivity contribution in [2.75, 3.05) is 0 Å². The molecule has 19 heavy (non-hydrogen) atoms. The molecule has 1 heterocycles. The van der Waals surface area contributed by atoms with Crippen LogP contribution in [-0.4, -0.2) is 26.2 Å². The Kier molecular flexibility index (Phi) is 4.12. The lowest BCUT2D eigenvalue weighted by atomic mass is 10.1. The predicted octanol–water partition coefficient (Wildman–Crippen LogP) is 1.32. The monoisotopic (exact) mass is 260 g/mol. The number of aromatic amines is 1. The van der Waals surface area contributed by atoms with E-state index in [9.17, 15) is 9.90 Å². The number of rotatable bonds is 5. The van der Waals surface area contributed by atoms with Crippen LogP contribution in [0.15, 0.2) is 30.6 Å². The Morgan fingerprint density at radius 3 is 2.95 bits per heavy atom. The molecule has 1 amide bonds. The summed E-state index contributed by atoms with van der Waals surface area (Å²) in [7, 11) is 0. The number of H-pyrrole nitrogens is 1. The Hall–Kier alpha value is -2.37. The molecule has 0 fully saturated rings. The fraction of sp³-hybridized carbons (Fsp3) is 0.308. The first-order chi connectivity index (χ1) is 9.16. The summed E-state index contributed by atoms with van der Waals surface area (Å²) in [5.74, 6) is 0.752. The van der Waals surface area contributed by atoms with Crippen molar-refractivity contribution < 1.29 is 9.90 Å². The summed E-state index contributed by atoms with van der Waals surface area (Å²) in [4.78, 5) is 15.8. The van der Waals surface area contributed by atoms with Gasteiger partial charge in [0.05, 0.1) is 6.04 Å². The summed E-state index contributed by atoms with van der Waals surface area (Å²) in [5, 5.41) is 18.9. The Labute approximate surface area is 110 Å². The van der Waals surface area contributed by atoms with E-state index >= 15 is 0 Å². The molecule has 6 heteroatoms. The Morgan fingerprint density at radius 1 is 1.47 bits per heavy atom. The molecular formula is C13H16N4O2. The summed E-state index contributed by atoms with van der Waals surface area (Å²) < 4.78 is 0. The number of benzene rings is 1. The zero-order valence-corrected chi connectivity index (χ0v) is 10.6. The molecule has 1 atom stereocenters. The molecule has 100 valence electrons. The van der Waals surface area contributed by atoms with E-state index in [1.807, 2.05) is 19.1 Å². The SMILES string of the molecule is CC(NC(=O)CCc1ccccc1O)c1ncn[nH]1. The molecular weight excluding hydrogens is 244 g/mol. The number of nitrogens with one attached hydrogen (secondary N) is 2. The number of nitrogens with zero attached hydrogens (tertiary/aromatic N) is 2. The molecule has 0 aliphatic carbocycles. The van der Waals surface area contributed by atoms with Gasteiger partial charge in [0, 0.05) is 6.42 Å². The summed E-state index contributed by atoms with van der Waals surface area (Å²) in [6.07, 6.45) is 2.22. The van der Waals surface area contributed by atoms with Crippen LogP contribution in [0.25, 0.3) is 0 Å². The molecule has 0 saturated heterocycles. The fourth-order valence-corrected chi connectivity index (χ4v) is 1.78. The molecule has 0 radical (unpaired) electrons. The Balaban J connectivity index is 1.84. The Morgan fingerprint density at radius 2 is 2.26 bits per heavy atom. The average Bonchev–Trinajstić information content (AvgIpc) is 2.91. The van der Waals surface area contributed by atoms with Gasteiger partial charge in [-0.05, 0) is 25.0 Å². The zero-order chi connectivity index (χ0) is 13.7. The van der Waals surface area contributed by atoms with Gasteiger partial charge in [-0.25, -0.2) is 4.98 Å². The predicted molar refractivity (Wildman–Crippen MR) is 69.4 cm³/mol. The molecule has 0 aliphatic rings. The van der Waals surface area contributed by atoms with Gasteiger partial charge in [-0.2, -0.15) is 5.10 Å². The van der Waals surface area contributed by atoms with Crippen molar-refractivity contribution in [3.8, 4) is 5.75 Å². The molecule has 1 aromatic carbocycles. The quantitative estimate of drug-likeness (QED) is 0.756. The molecule has 0 saturated carbocycles. The fourth-order valence-electron chi connectivity index (χ4n) is 1.78. The topological polar surface area (TPSA) is 90.9 Å². The van der Waals surface area contributed by atoms with Crippen LogP contribution >= 0.6 is 0 Å². The molecule has 1 unspecified atom stereocenters. The lowest BCUT2D eigenvalue weighted by molar-refractivity contribution is -0.121. The number of carbonyl (C=O) groups excluding carboxylic acids is 1. The average molecular weight is 260 g/mol. The van der Waals surface area contributed by atoms with Gasteiger partial charge < -0.3 is 10.4 Å². The highest BCUT2D eigenvalue weighted by atomic mass is 16.3. The van der Waals surface area contributed by atoms with E-state index in [0.29, 0.717) is 18.7 Å². The number of hydrogen-bond donors (Lipinski definition) is 3. The van der Waals surface area contributed by atoms with Crippen LogP contribution in [0.3, 0.4) is 0 Å². The van der Waals surface area contributed by atoms with Gasteiger partial charge in [-0.3, -0.25) is 9.89 Å². The minimum atomic E-state index is -0.209. The van der Waals surface area contributed by atoms with E-state index in [0.717, 1.165) is 5.56 Å². The van der Waals surface area contributed by atoms with Gasteiger partial charge in [0.15, 0.2) is 0 Å². The number of aryl methyl sites for hydroxylation is 1. The minimum absolute atomic E-state index is 0.0906. The highest BCUT2D eigenvalue weighted by molar-refractivity contribution is 5.76. The molecule has 6 nitrogen and oxygen atoms in total. The number of carbonyl (C=O) groups is 1. The second-order valence-corrected chi connectivity index (χ2v) is 4.29. The number of aromatic hydroxyl groups is 1. The van der Waals surface area contributed by atoms with E-state index in [1.165, 1.54) is 6.33 Å². The van der Waals surface area contributed by atoms with E-state index in [-0.39, 0.29) is 17.7 Å². The van der Waals surface area contributed by atoms with Crippen LogP contribution in [0.1, 0.15) is 30.8 Å². The van der Waals surface area contributed by atoms with Crippen molar-refractivity contribution in [3.05, 3.63) is 42.0 Å². The third-order valence-electron chi connectivity index (χ3n) is 2.83. The largest absolute Gasteiger partial charge is 0.508 e. The standard InChI is InChI=1S/C13H16N4O2/c1-9(13-14-8-15-17-13)16-12(19)7-6-10-4-2-3-5-11(10)18/h2-5,8-9,18H,6-7H2,1H3,(H,16,19)(H,14,15,17). The van der Waals surface area contributed by atoms with Gasteiger partial charge in [0.25, 0.3) is 0 Å². The van der Waals surface area contributed by atoms with Gasteiger partial charge in [-0.15, -0.1) is 0 Å². The van der Waals surface area contributed by atoms with Crippen molar-refractivity contribution in [3.63, 3.8) is 0 Å². The summed E-state index contributed by atoms with van der Waals surface area (Å²) in [6, 6.07) is 6.81. The molecule has 0 bridgehead atoms. The van der Waals surface area contributed by atoms with Crippen molar-refractivity contribution in [1.82, 2.24) is 20.5 Å². The van der Waals surface area contributed by atoms with E-state index in [2.05, 4.69) is 20.5 Å². The number of phenolic OH excluding ortho intramolecular Hbond substituents is 1. The third-order valence-corrected chi connectivity index (χ3v) is 2.83. The van der Waals surface area contributed by atoms with Gasteiger partial charge in [-0.1, -0.05) is 18.2 Å². The number of hydrogen-bond acceptors (Lipinski definition) is 4. The van der Waals surface area contributed by atoms with Crippen molar-refractivity contribution in [1.29, 1.82) is 0 Å². The molecule has 0 spiro atoms. The highest BCUT2D eigenvalue weighted by Gasteiger charge is 2.12. The molecule has 2 aromatic rings. The zero-order valence-electron chi connectivity index (χ0n) is 10.6. The lowest BCUT2D eigenvalue weighted by Gasteiger charge is -2.11. The number of amides is 1. The van der Waals surface area contributed by atoms with Crippen LogP contribution < -0.4 is 5.32 Å². The maximum atomic E-state index is 11.8. The van der Waals surface area contributed by atoms with Crippen molar-refractivity contribution >= 4 is 5.91 Å². The van der Waals surface area contributed by atoms with Gasteiger partial charge in [0.1, 0.15) is 17.9 Å². The third kappa shape index (κ3) is 3.54. The summed E-state index contributed by atoms with van der Waals surface area (Å²) in [5.41, 5.74) is 0.768. The van der Waals surface area contributed by atoms with Gasteiger partial charge in [0.2, 0.25) is 5.91 Å². The summed E-state index contributed by atoms with van der Waals surface area (Å²) >= 11 is 0.